The molecule has 2 heterocycles. The van der Waals surface area contributed by atoms with Crippen LogP contribution < -0.4 is 5.32 Å². The molecule has 3 fully saturated rings. The topological polar surface area (TPSA) is 77.5 Å². The van der Waals surface area contributed by atoms with Gasteiger partial charge >= 0.3 is 12.1 Å². The lowest BCUT2D eigenvalue weighted by Crippen LogP contribution is -2.48. The average Bonchev–Trinajstić information content (AvgIpc) is 3.15. The number of nitrogens with zero attached hydrogens (tertiary/aromatic N) is 1. The molecule has 1 aliphatic heterocycles. The maximum atomic E-state index is 13.6. The van der Waals surface area contributed by atoms with E-state index in [-0.39, 0.29) is 47.8 Å². The van der Waals surface area contributed by atoms with Gasteiger partial charge in [-0.1, -0.05) is 24.3 Å². The molecule has 3 aliphatic rings. The highest BCUT2D eigenvalue weighted by Gasteiger charge is 2.54. The SMILES string of the molecule is CCOC(=O)N[C@@H]1CC[C@@H]2[C@@H](C1)C[C@H]1C(=O)O[C@@H](C)[C@H]1[C@H]2C=Cc1ccc(-c2cccc(F)c2)cn1. The van der Waals surface area contributed by atoms with E-state index < -0.39 is 0 Å². The molecule has 190 valence electrons. The molecule has 0 unspecified atom stereocenters. The van der Waals surface area contributed by atoms with Crippen LogP contribution in [0.5, 0.6) is 0 Å². The Morgan fingerprint density at radius 1 is 1.22 bits per heavy atom. The first kappa shape index (κ1) is 24.5. The average molecular weight is 493 g/mol. The van der Waals surface area contributed by atoms with Gasteiger partial charge in [0.05, 0.1) is 18.2 Å². The van der Waals surface area contributed by atoms with Crippen molar-refractivity contribution in [3.05, 3.63) is 60.2 Å². The van der Waals surface area contributed by atoms with Crippen LogP contribution in [0.4, 0.5) is 9.18 Å². The van der Waals surface area contributed by atoms with Crippen molar-refractivity contribution in [3.8, 4) is 11.1 Å². The van der Waals surface area contributed by atoms with Crippen molar-refractivity contribution in [2.45, 2.75) is 51.7 Å². The van der Waals surface area contributed by atoms with Gasteiger partial charge in [0.25, 0.3) is 0 Å². The summed E-state index contributed by atoms with van der Waals surface area (Å²) in [6.45, 7) is 4.15. The maximum Gasteiger partial charge on any atom is 0.407 e. The minimum atomic E-state index is -0.368. The van der Waals surface area contributed by atoms with Gasteiger partial charge in [-0.2, -0.15) is 0 Å². The number of allylic oxidation sites excluding steroid dienone is 1. The molecule has 1 aromatic carbocycles. The van der Waals surface area contributed by atoms with Crippen molar-refractivity contribution >= 4 is 18.1 Å². The Kier molecular flexibility index (Phi) is 7.08. The van der Waals surface area contributed by atoms with Crippen molar-refractivity contribution in [2.75, 3.05) is 6.61 Å². The van der Waals surface area contributed by atoms with E-state index in [2.05, 4.69) is 16.4 Å². The normalized spacial score (nSPS) is 31.4. The van der Waals surface area contributed by atoms with Crippen molar-refractivity contribution in [1.82, 2.24) is 10.3 Å². The van der Waals surface area contributed by atoms with E-state index in [0.717, 1.165) is 42.5 Å². The minimum absolute atomic E-state index is 0.0679. The number of halogens is 1. The zero-order valence-corrected chi connectivity index (χ0v) is 20.7. The Morgan fingerprint density at radius 3 is 2.83 bits per heavy atom. The van der Waals surface area contributed by atoms with Crippen molar-refractivity contribution in [3.63, 3.8) is 0 Å². The number of aromatic nitrogens is 1. The minimum Gasteiger partial charge on any atom is -0.462 e. The van der Waals surface area contributed by atoms with Crippen molar-refractivity contribution < 1.29 is 23.5 Å². The van der Waals surface area contributed by atoms with Crippen LogP contribution in [-0.4, -0.2) is 35.8 Å². The summed E-state index contributed by atoms with van der Waals surface area (Å²) >= 11 is 0. The van der Waals surface area contributed by atoms with Crippen LogP contribution >= 0.6 is 0 Å². The van der Waals surface area contributed by atoms with Gasteiger partial charge in [0.2, 0.25) is 0 Å². The first-order valence-electron chi connectivity index (χ1n) is 13.0. The van der Waals surface area contributed by atoms with Gasteiger partial charge in [0.1, 0.15) is 11.9 Å². The second kappa shape index (κ2) is 10.4. The second-order valence-corrected chi connectivity index (χ2v) is 10.3. The van der Waals surface area contributed by atoms with Crippen LogP contribution in [0.3, 0.4) is 0 Å². The summed E-state index contributed by atoms with van der Waals surface area (Å²) in [5, 5.41) is 3.00. The summed E-state index contributed by atoms with van der Waals surface area (Å²) in [6.07, 6.45) is 9.07. The van der Waals surface area contributed by atoms with E-state index in [9.17, 15) is 14.0 Å². The van der Waals surface area contributed by atoms with Crippen LogP contribution in [0.25, 0.3) is 17.2 Å². The third-order valence-corrected chi connectivity index (χ3v) is 8.18. The summed E-state index contributed by atoms with van der Waals surface area (Å²) in [6, 6.07) is 10.4. The van der Waals surface area contributed by atoms with E-state index in [1.54, 1.807) is 19.2 Å². The summed E-state index contributed by atoms with van der Waals surface area (Å²) in [5.74, 6) is 0.629. The fourth-order valence-electron chi connectivity index (χ4n) is 6.64. The number of nitrogens with one attached hydrogen (secondary N) is 1. The Labute approximate surface area is 211 Å². The van der Waals surface area contributed by atoms with Gasteiger partial charge in [-0.3, -0.25) is 9.78 Å². The number of ether oxygens (including phenoxy) is 2. The summed E-state index contributed by atoms with van der Waals surface area (Å²) in [7, 11) is 0. The predicted molar refractivity (Wildman–Crippen MR) is 134 cm³/mol. The van der Waals surface area contributed by atoms with Crippen LogP contribution in [0.2, 0.25) is 0 Å². The van der Waals surface area contributed by atoms with Gasteiger partial charge in [-0.05, 0) is 87.1 Å². The van der Waals surface area contributed by atoms with Crippen LogP contribution in [-0.2, 0) is 14.3 Å². The smallest absolute Gasteiger partial charge is 0.407 e. The molecule has 0 radical (unpaired) electrons. The van der Waals surface area contributed by atoms with E-state index in [1.807, 2.05) is 31.2 Å². The highest BCUT2D eigenvalue weighted by Crippen LogP contribution is 2.53. The zero-order chi connectivity index (χ0) is 25.2. The van der Waals surface area contributed by atoms with E-state index in [1.165, 1.54) is 12.1 Å². The number of benzene rings is 1. The van der Waals surface area contributed by atoms with Gasteiger partial charge in [0, 0.05) is 23.7 Å². The molecule has 2 saturated carbocycles. The molecular formula is C29H33FN2O4. The molecule has 2 aliphatic carbocycles. The molecule has 2 aromatic rings. The van der Waals surface area contributed by atoms with Crippen molar-refractivity contribution in [1.29, 1.82) is 0 Å². The Morgan fingerprint density at radius 2 is 2.08 bits per heavy atom. The van der Waals surface area contributed by atoms with E-state index in [4.69, 9.17) is 9.47 Å². The van der Waals surface area contributed by atoms with Gasteiger partial charge in [0.15, 0.2) is 0 Å². The lowest BCUT2D eigenvalue weighted by Gasteiger charge is -2.47. The van der Waals surface area contributed by atoms with E-state index >= 15 is 0 Å². The molecule has 7 heteroatoms. The Bertz CT molecular complexity index is 1130. The monoisotopic (exact) mass is 492 g/mol. The molecular weight excluding hydrogens is 459 g/mol. The fraction of sp³-hybridized carbons (Fsp3) is 0.483. The molecule has 5 rings (SSSR count). The number of alkyl carbamates (subject to hydrolysis) is 1. The molecule has 0 bridgehead atoms. The maximum absolute atomic E-state index is 13.6. The standard InChI is InChI=1S/C29H33FN2O4/c1-3-35-29(34)32-23-10-11-24-20(14-23)15-26-27(17(2)36-28(26)33)25(24)12-9-22-8-7-19(16-31-22)18-5-4-6-21(30)13-18/h4-9,12-13,16-17,20,23-27H,3,10-11,14-15H2,1-2H3,(H,32,34)/t17-,20-,23+,24+,25-,26+,27-/m0/s1. The lowest BCUT2D eigenvalue weighted by atomic mass is 9.57. The molecule has 7 atom stereocenters. The number of cyclic esters (lactones) is 1. The zero-order valence-electron chi connectivity index (χ0n) is 20.7. The Balaban J connectivity index is 1.34. The van der Waals surface area contributed by atoms with Crippen molar-refractivity contribution in [2.24, 2.45) is 29.6 Å². The number of hydrogen-bond donors (Lipinski definition) is 1. The molecule has 6 nitrogen and oxygen atoms in total. The third-order valence-electron chi connectivity index (χ3n) is 8.18. The molecule has 0 spiro atoms. The van der Waals surface area contributed by atoms with Crippen LogP contribution in [0.15, 0.2) is 48.7 Å². The van der Waals surface area contributed by atoms with Gasteiger partial charge < -0.3 is 14.8 Å². The quantitative estimate of drug-likeness (QED) is 0.548. The molecule has 1 N–H and O–H groups in total. The summed E-state index contributed by atoms with van der Waals surface area (Å²) in [5.41, 5.74) is 2.48. The number of fused-ring (bicyclic) bond motifs is 2. The third kappa shape index (κ3) is 5.01. The molecule has 1 amide bonds. The summed E-state index contributed by atoms with van der Waals surface area (Å²) in [4.78, 5) is 29.2. The van der Waals surface area contributed by atoms with E-state index in [0.29, 0.717) is 18.4 Å². The van der Waals surface area contributed by atoms with Gasteiger partial charge in [-0.25, -0.2) is 9.18 Å². The highest BCUT2D eigenvalue weighted by atomic mass is 19.1. The molecule has 1 saturated heterocycles. The second-order valence-electron chi connectivity index (χ2n) is 10.3. The van der Waals surface area contributed by atoms with Crippen LogP contribution in [0.1, 0.15) is 45.2 Å². The predicted octanol–water partition coefficient (Wildman–Crippen LogP) is 5.63. The number of amides is 1. The summed E-state index contributed by atoms with van der Waals surface area (Å²) < 4.78 is 24.3. The highest BCUT2D eigenvalue weighted by molar-refractivity contribution is 5.75. The number of esters is 1. The molecule has 36 heavy (non-hydrogen) atoms. The fourth-order valence-corrected chi connectivity index (χ4v) is 6.64. The number of rotatable bonds is 5. The number of pyridine rings is 1. The van der Waals surface area contributed by atoms with Gasteiger partial charge in [-0.15, -0.1) is 0 Å². The number of carbonyl (C=O) groups excluding carboxylic acids is 2. The number of hydrogen-bond acceptors (Lipinski definition) is 5. The first-order valence-corrected chi connectivity index (χ1v) is 13.0. The van der Waals surface area contributed by atoms with Crippen LogP contribution in [0, 0.1) is 35.4 Å². The molecule has 1 aromatic heterocycles. The largest absolute Gasteiger partial charge is 0.462 e. The number of carbonyl (C=O) groups is 2. The Hall–Kier alpha value is -3.22. The lowest BCUT2D eigenvalue weighted by molar-refractivity contribution is -0.144. The first-order chi connectivity index (χ1) is 17.4.